The largest absolute Gasteiger partial charge is 0.480 e. The fraction of sp³-hybridized carbons (Fsp3) is 0.462. The van der Waals surface area contributed by atoms with E-state index < -0.39 is 46.9 Å². The standard InChI is InChI=1S/C39H43F3N4O7/c1-4-5-6-7-12-21-37(2,45-36(50)52-26-13-8-9-14-26)34(47)46-23-27(22-38(46,3)35(48)49)51-33-31-30(28-15-10-11-16-29(28)53-31)43-32(44-33)24-17-19-25(20-18-24)39(40,41)42/h4,10-11,15-20,26-27H,1,5-9,12-14,21-23H2,2-3H3,(H,45,50)(H,48,49). The van der Waals surface area contributed by atoms with Gasteiger partial charge in [0.15, 0.2) is 5.82 Å². The lowest BCUT2D eigenvalue weighted by molar-refractivity contribution is -0.158. The van der Waals surface area contributed by atoms with Gasteiger partial charge in [-0.2, -0.15) is 18.2 Å². The molecule has 1 saturated carbocycles. The Bertz CT molecular complexity index is 1990. The molecule has 11 nitrogen and oxygen atoms in total. The topological polar surface area (TPSA) is 144 Å². The molecule has 0 bridgehead atoms. The molecule has 4 aromatic rings. The zero-order chi connectivity index (χ0) is 38.0. The number of aliphatic carboxylic acids is 1. The van der Waals surface area contributed by atoms with E-state index in [1.165, 1.54) is 24.0 Å². The van der Waals surface area contributed by atoms with Crippen LogP contribution in [0.25, 0.3) is 33.5 Å². The van der Waals surface area contributed by atoms with Crippen molar-refractivity contribution in [2.75, 3.05) is 6.54 Å². The summed E-state index contributed by atoms with van der Waals surface area (Å²) in [6.07, 6.45) is 1.85. The summed E-state index contributed by atoms with van der Waals surface area (Å²) in [5.41, 5.74) is -2.81. The molecule has 0 radical (unpaired) electrons. The first-order valence-electron chi connectivity index (χ1n) is 17.9. The van der Waals surface area contributed by atoms with Crippen molar-refractivity contribution in [3.8, 4) is 17.3 Å². The van der Waals surface area contributed by atoms with Gasteiger partial charge < -0.3 is 29.2 Å². The van der Waals surface area contributed by atoms with Gasteiger partial charge in [0.25, 0.3) is 5.88 Å². The van der Waals surface area contributed by atoms with Crippen molar-refractivity contribution in [1.82, 2.24) is 20.2 Å². The molecule has 1 aliphatic heterocycles. The van der Waals surface area contributed by atoms with Crippen molar-refractivity contribution in [1.29, 1.82) is 0 Å². The summed E-state index contributed by atoms with van der Waals surface area (Å²) < 4.78 is 58.1. The minimum absolute atomic E-state index is 0.0589. The normalized spacial score (nSPS) is 20.4. The minimum atomic E-state index is -4.53. The summed E-state index contributed by atoms with van der Waals surface area (Å²) in [4.78, 5) is 51.0. The van der Waals surface area contributed by atoms with Crippen molar-refractivity contribution < 1.29 is 46.6 Å². The van der Waals surface area contributed by atoms with Crippen molar-refractivity contribution in [3.63, 3.8) is 0 Å². The van der Waals surface area contributed by atoms with Gasteiger partial charge in [0.1, 0.15) is 34.4 Å². The zero-order valence-corrected chi connectivity index (χ0v) is 29.7. The van der Waals surface area contributed by atoms with E-state index in [-0.39, 0.29) is 48.3 Å². The first-order valence-corrected chi connectivity index (χ1v) is 17.9. The lowest BCUT2D eigenvalue weighted by Gasteiger charge is -2.38. The van der Waals surface area contributed by atoms with Crippen molar-refractivity contribution in [2.24, 2.45) is 0 Å². The number of unbranched alkanes of at least 4 members (excludes halogenated alkanes) is 3. The molecular formula is C39H43F3N4O7. The number of benzene rings is 2. The molecule has 3 unspecified atom stereocenters. The zero-order valence-electron chi connectivity index (χ0n) is 29.7. The van der Waals surface area contributed by atoms with Crippen LogP contribution in [0.2, 0.25) is 0 Å². The number of hydrogen-bond donors (Lipinski definition) is 2. The highest BCUT2D eigenvalue weighted by molar-refractivity contribution is 6.04. The van der Waals surface area contributed by atoms with Gasteiger partial charge in [-0.3, -0.25) is 4.79 Å². The van der Waals surface area contributed by atoms with Crippen molar-refractivity contribution in [2.45, 2.75) is 108 Å². The number of likely N-dealkylation sites (tertiary alicyclic amines) is 1. The van der Waals surface area contributed by atoms with Gasteiger partial charge in [-0.1, -0.05) is 43.2 Å². The Labute approximate surface area is 304 Å². The molecule has 53 heavy (non-hydrogen) atoms. The molecule has 0 spiro atoms. The summed E-state index contributed by atoms with van der Waals surface area (Å²) in [5, 5.41) is 13.9. The van der Waals surface area contributed by atoms with E-state index in [0.29, 0.717) is 22.9 Å². The van der Waals surface area contributed by atoms with Crippen LogP contribution in [0.4, 0.5) is 18.0 Å². The van der Waals surface area contributed by atoms with Gasteiger partial charge in [-0.15, -0.1) is 6.58 Å². The van der Waals surface area contributed by atoms with Gasteiger partial charge in [0.05, 0.1) is 12.1 Å². The lowest BCUT2D eigenvalue weighted by Crippen LogP contribution is -2.63. The maximum Gasteiger partial charge on any atom is 0.416 e. The highest BCUT2D eigenvalue weighted by atomic mass is 19.4. The lowest BCUT2D eigenvalue weighted by atomic mass is 9.90. The van der Waals surface area contributed by atoms with E-state index in [9.17, 15) is 32.7 Å². The molecule has 2 aliphatic rings. The number of nitrogens with one attached hydrogen (secondary N) is 1. The maximum atomic E-state index is 14.5. The third kappa shape index (κ3) is 7.96. The number of furan rings is 1. The van der Waals surface area contributed by atoms with E-state index in [0.717, 1.165) is 57.1 Å². The molecule has 2 N–H and O–H groups in total. The summed E-state index contributed by atoms with van der Waals surface area (Å²) in [7, 11) is 0. The number of halogens is 3. The summed E-state index contributed by atoms with van der Waals surface area (Å²) in [6.45, 7) is 6.60. The number of carboxylic acid groups (broad SMARTS) is 1. The van der Waals surface area contributed by atoms with Gasteiger partial charge >= 0.3 is 18.2 Å². The molecule has 14 heteroatoms. The summed E-state index contributed by atoms with van der Waals surface area (Å²) in [5.74, 6) is -1.85. The number of hydrogen-bond acceptors (Lipinski definition) is 8. The maximum absolute atomic E-state index is 14.5. The Kier molecular flexibility index (Phi) is 10.7. The van der Waals surface area contributed by atoms with E-state index in [2.05, 4.69) is 21.9 Å². The number of alkyl halides is 3. The number of aromatic nitrogens is 2. The number of para-hydroxylation sites is 1. The molecule has 3 heterocycles. The van der Waals surface area contributed by atoms with Crippen LogP contribution in [0.1, 0.15) is 83.6 Å². The second kappa shape index (κ2) is 15.1. The van der Waals surface area contributed by atoms with Gasteiger partial charge in [-0.25, -0.2) is 14.6 Å². The molecular weight excluding hydrogens is 693 g/mol. The first kappa shape index (κ1) is 37.6. The Morgan fingerprint density at radius 2 is 1.77 bits per heavy atom. The van der Waals surface area contributed by atoms with Gasteiger partial charge in [-0.05, 0) is 83.1 Å². The quantitative estimate of drug-likeness (QED) is 0.102. The molecule has 2 fully saturated rings. The molecule has 282 valence electrons. The number of carbonyl (C=O) groups is 3. The molecule has 1 aliphatic carbocycles. The van der Waals surface area contributed by atoms with Crippen LogP contribution in [0, 0.1) is 0 Å². The van der Waals surface area contributed by atoms with E-state index in [1.54, 1.807) is 31.2 Å². The van der Waals surface area contributed by atoms with Crippen LogP contribution in [-0.2, 0) is 20.5 Å². The van der Waals surface area contributed by atoms with E-state index in [4.69, 9.17) is 13.9 Å². The first-order chi connectivity index (χ1) is 25.2. The van der Waals surface area contributed by atoms with Crippen LogP contribution in [0.15, 0.2) is 65.6 Å². The number of fused-ring (bicyclic) bond motifs is 3. The van der Waals surface area contributed by atoms with Crippen LogP contribution in [-0.4, -0.2) is 67.8 Å². The van der Waals surface area contributed by atoms with Crippen LogP contribution >= 0.6 is 0 Å². The van der Waals surface area contributed by atoms with Crippen molar-refractivity contribution >= 4 is 40.0 Å². The second-order valence-corrected chi connectivity index (χ2v) is 14.3. The molecule has 2 amide bonds. The Morgan fingerprint density at radius 3 is 2.45 bits per heavy atom. The van der Waals surface area contributed by atoms with Crippen molar-refractivity contribution in [3.05, 3.63) is 66.7 Å². The molecule has 2 aromatic heterocycles. The molecule has 2 aromatic carbocycles. The molecule has 6 rings (SSSR count). The Hall–Kier alpha value is -5.14. The molecule has 3 atom stereocenters. The predicted octanol–water partition coefficient (Wildman–Crippen LogP) is 8.45. The number of carbonyl (C=O) groups excluding carboxylic acids is 2. The second-order valence-electron chi connectivity index (χ2n) is 14.3. The highest BCUT2D eigenvalue weighted by Gasteiger charge is 2.55. The summed E-state index contributed by atoms with van der Waals surface area (Å²) >= 11 is 0. The third-order valence-corrected chi connectivity index (χ3v) is 10.3. The SMILES string of the molecule is C=CCCCCCC(C)(NC(=O)OC1CCCC1)C(=O)N1CC(Oc2nc(-c3ccc(C(F)(F)F)cc3)nc3c2oc2ccccc23)CC1(C)C(=O)O. The molecule has 1 saturated heterocycles. The van der Waals surface area contributed by atoms with Gasteiger partial charge in [0.2, 0.25) is 11.5 Å². The summed E-state index contributed by atoms with van der Waals surface area (Å²) in [6, 6.07) is 11.4. The van der Waals surface area contributed by atoms with Crippen LogP contribution < -0.4 is 10.1 Å². The number of amides is 2. The Morgan fingerprint density at radius 1 is 1.06 bits per heavy atom. The van der Waals surface area contributed by atoms with E-state index in [1.807, 2.05) is 6.08 Å². The number of allylic oxidation sites excluding steroid dienone is 1. The number of rotatable bonds is 13. The predicted molar refractivity (Wildman–Crippen MR) is 190 cm³/mol. The minimum Gasteiger partial charge on any atom is -0.480 e. The van der Waals surface area contributed by atoms with Gasteiger partial charge in [0, 0.05) is 17.4 Å². The third-order valence-electron chi connectivity index (χ3n) is 10.3. The fourth-order valence-electron chi connectivity index (χ4n) is 7.23. The number of alkyl carbamates (subject to hydrolysis) is 1. The fourth-order valence-corrected chi connectivity index (χ4v) is 7.23. The number of carboxylic acids is 1. The van der Waals surface area contributed by atoms with E-state index >= 15 is 0 Å². The average molecular weight is 737 g/mol. The van der Waals surface area contributed by atoms with Crippen LogP contribution in [0.3, 0.4) is 0 Å². The van der Waals surface area contributed by atoms with Crippen LogP contribution in [0.5, 0.6) is 5.88 Å². The number of ether oxygens (including phenoxy) is 2. The average Bonchev–Trinajstić information content (AvgIpc) is 3.85. The highest BCUT2D eigenvalue weighted by Crippen LogP contribution is 2.39. The number of nitrogens with zero attached hydrogens (tertiary/aromatic N) is 3. The Balaban J connectivity index is 1.31. The monoisotopic (exact) mass is 736 g/mol. The smallest absolute Gasteiger partial charge is 0.416 e.